The number of nitrogens with one attached hydrogen (secondary N) is 2. The van der Waals surface area contributed by atoms with Crippen molar-refractivity contribution in [3.63, 3.8) is 0 Å². The maximum absolute atomic E-state index is 11.9. The number of carbonyl (C=O) groups excluding carboxylic acids is 1. The number of carboxylic acid groups (broad SMARTS) is 1. The first-order chi connectivity index (χ1) is 9.02. The number of aliphatic carboxylic acids is 1. The Hall–Kier alpha value is -1.10. The van der Waals surface area contributed by atoms with Gasteiger partial charge < -0.3 is 15.7 Å². The summed E-state index contributed by atoms with van der Waals surface area (Å²) < 4.78 is 0. The fraction of sp³-hybridized carbons (Fsp3) is 0.857. The summed E-state index contributed by atoms with van der Waals surface area (Å²) in [6, 6.07) is 0. The number of carbonyl (C=O) groups is 2. The van der Waals surface area contributed by atoms with Crippen LogP contribution in [0.1, 0.15) is 45.4 Å². The van der Waals surface area contributed by atoms with Crippen molar-refractivity contribution in [3.8, 4) is 0 Å². The molecule has 0 aromatic carbocycles. The predicted octanol–water partition coefficient (Wildman–Crippen LogP) is 1.38. The van der Waals surface area contributed by atoms with Crippen LogP contribution < -0.4 is 10.6 Å². The quantitative estimate of drug-likeness (QED) is 0.637. The normalized spacial score (nSPS) is 20.3. The zero-order chi connectivity index (χ0) is 14.3. The second kappa shape index (κ2) is 7.48. The Labute approximate surface area is 115 Å². The third kappa shape index (κ3) is 4.49. The molecule has 0 aromatic heterocycles. The van der Waals surface area contributed by atoms with Crippen LogP contribution in [0.5, 0.6) is 0 Å². The van der Waals surface area contributed by atoms with Crippen LogP contribution in [0.4, 0.5) is 0 Å². The molecule has 0 bridgehead atoms. The molecule has 1 fully saturated rings. The molecule has 110 valence electrons. The van der Waals surface area contributed by atoms with Crippen molar-refractivity contribution in [3.05, 3.63) is 0 Å². The molecule has 1 atom stereocenters. The first kappa shape index (κ1) is 16.0. The zero-order valence-corrected chi connectivity index (χ0v) is 12.0. The first-order valence-corrected chi connectivity index (χ1v) is 7.17. The maximum atomic E-state index is 11.9. The van der Waals surface area contributed by atoms with E-state index in [1.165, 1.54) is 0 Å². The van der Waals surface area contributed by atoms with Gasteiger partial charge in [-0.15, -0.1) is 0 Å². The zero-order valence-electron chi connectivity index (χ0n) is 12.0. The van der Waals surface area contributed by atoms with Gasteiger partial charge in [-0.05, 0) is 19.9 Å². The van der Waals surface area contributed by atoms with Gasteiger partial charge in [0.15, 0.2) is 0 Å². The summed E-state index contributed by atoms with van der Waals surface area (Å²) in [6.45, 7) is 2.70. The molecule has 0 radical (unpaired) electrons. The van der Waals surface area contributed by atoms with E-state index in [4.69, 9.17) is 0 Å². The van der Waals surface area contributed by atoms with Crippen molar-refractivity contribution < 1.29 is 14.7 Å². The summed E-state index contributed by atoms with van der Waals surface area (Å²) in [4.78, 5) is 23.5. The average molecular weight is 270 g/mol. The van der Waals surface area contributed by atoms with Gasteiger partial charge in [0.05, 0.1) is 5.41 Å². The third-order valence-corrected chi connectivity index (χ3v) is 4.07. The molecule has 1 rings (SSSR count). The Bertz CT molecular complexity index is 310. The number of hydrogen-bond acceptors (Lipinski definition) is 3. The fourth-order valence-corrected chi connectivity index (χ4v) is 2.70. The van der Waals surface area contributed by atoms with E-state index in [0.717, 1.165) is 25.7 Å². The highest BCUT2D eigenvalue weighted by atomic mass is 16.4. The highest BCUT2D eigenvalue weighted by Gasteiger charge is 2.39. The van der Waals surface area contributed by atoms with E-state index < -0.39 is 11.4 Å². The molecule has 19 heavy (non-hydrogen) atoms. The smallest absolute Gasteiger partial charge is 0.311 e. The van der Waals surface area contributed by atoms with Crippen LogP contribution in [0.15, 0.2) is 0 Å². The van der Waals surface area contributed by atoms with Gasteiger partial charge in [-0.2, -0.15) is 0 Å². The van der Waals surface area contributed by atoms with Gasteiger partial charge in [0.2, 0.25) is 5.91 Å². The van der Waals surface area contributed by atoms with Crippen LogP contribution in [-0.4, -0.2) is 37.1 Å². The highest BCUT2D eigenvalue weighted by Crippen LogP contribution is 2.34. The molecule has 0 heterocycles. The average Bonchev–Trinajstić information content (AvgIpc) is 2.62. The minimum Gasteiger partial charge on any atom is -0.481 e. The van der Waals surface area contributed by atoms with E-state index in [9.17, 15) is 14.7 Å². The van der Waals surface area contributed by atoms with Gasteiger partial charge in [-0.25, -0.2) is 0 Å². The van der Waals surface area contributed by atoms with Gasteiger partial charge in [0.1, 0.15) is 0 Å². The lowest BCUT2D eigenvalue weighted by atomic mass is 9.80. The van der Waals surface area contributed by atoms with E-state index in [0.29, 0.717) is 19.4 Å². The van der Waals surface area contributed by atoms with Gasteiger partial charge in [0.25, 0.3) is 0 Å². The summed E-state index contributed by atoms with van der Waals surface area (Å²) in [5.74, 6) is -0.975. The Morgan fingerprint density at radius 1 is 1.21 bits per heavy atom. The Kier molecular flexibility index (Phi) is 6.28. The molecule has 0 spiro atoms. The minimum absolute atomic E-state index is 0.0702. The van der Waals surface area contributed by atoms with Crippen LogP contribution >= 0.6 is 0 Å². The fourth-order valence-electron chi connectivity index (χ4n) is 2.70. The molecule has 1 saturated carbocycles. The summed E-state index contributed by atoms with van der Waals surface area (Å²) in [6.07, 6.45) is 5.41. The summed E-state index contributed by atoms with van der Waals surface area (Å²) in [5.41, 5.74) is -0.758. The number of amides is 1. The Morgan fingerprint density at radius 2 is 1.79 bits per heavy atom. The van der Waals surface area contributed by atoms with E-state index >= 15 is 0 Å². The second-order valence-electron chi connectivity index (χ2n) is 5.68. The van der Waals surface area contributed by atoms with Crippen molar-refractivity contribution in [1.82, 2.24) is 10.6 Å². The van der Waals surface area contributed by atoms with Crippen molar-refractivity contribution >= 4 is 11.9 Å². The van der Waals surface area contributed by atoms with E-state index in [2.05, 4.69) is 10.6 Å². The molecule has 5 heteroatoms. The third-order valence-electron chi connectivity index (χ3n) is 4.07. The van der Waals surface area contributed by atoms with Gasteiger partial charge in [-0.3, -0.25) is 9.59 Å². The number of carboxylic acids is 1. The van der Waals surface area contributed by atoms with Crippen LogP contribution in [-0.2, 0) is 9.59 Å². The molecule has 3 N–H and O–H groups in total. The maximum Gasteiger partial charge on any atom is 0.311 e. The van der Waals surface area contributed by atoms with Crippen molar-refractivity contribution in [2.75, 3.05) is 20.1 Å². The van der Waals surface area contributed by atoms with E-state index in [-0.39, 0.29) is 18.4 Å². The molecule has 0 aromatic rings. The summed E-state index contributed by atoms with van der Waals surface area (Å²) in [7, 11) is 1.80. The van der Waals surface area contributed by atoms with Crippen molar-refractivity contribution in [1.29, 1.82) is 0 Å². The van der Waals surface area contributed by atoms with Gasteiger partial charge in [-0.1, -0.05) is 32.6 Å². The SMILES string of the molecule is CNCC(C)C(=O)NCC1(C(=O)O)CCCCCC1. The number of hydrogen-bond donors (Lipinski definition) is 3. The van der Waals surface area contributed by atoms with Crippen molar-refractivity contribution in [2.24, 2.45) is 11.3 Å². The van der Waals surface area contributed by atoms with Crippen LogP contribution in [0.2, 0.25) is 0 Å². The van der Waals surface area contributed by atoms with Crippen LogP contribution in [0, 0.1) is 11.3 Å². The summed E-state index contributed by atoms with van der Waals surface area (Å²) >= 11 is 0. The monoisotopic (exact) mass is 270 g/mol. The molecule has 1 aliphatic rings. The largest absolute Gasteiger partial charge is 0.481 e. The predicted molar refractivity (Wildman–Crippen MR) is 73.9 cm³/mol. The first-order valence-electron chi connectivity index (χ1n) is 7.17. The lowest BCUT2D eigenvalue weighted by Gasteiger charge is -2.28. The minimum atomic E-state index is -0.768. The van der Waals surface area contributed by atoms with Gasteiger partial charge in [0, 0.05) is 19.0 Å². The van der Waals surface area contributed by atoms with E-state index in [1.54, 1.807) is 7.05 Å². The molecule has 0 saturated heterocycles. The van der Waals surface area contributed by atoms with Crippen molar-refractivity contribution in [2.45, 2.75) is 45.4 Å². The molecule has 1 aliphatic carbocycles. The number of rotatable bonds is 6. The lowest BCUT2D eigenvalue weighted by molar-refractivity contribution is -0.150. The molecule has 0 aliphatic heterocycles. The highest BCUT2D eigenvalue weighted by molar-refractivity contribution is 5.80. The standard InChI is InChI=1S/C14H26N2O3/c1-11(9-15-2)12(17)16-10-14(13(18)19)7-5-3-4-6-8-14/h11,15H,3-10H2,1-2H3,(H,16,17)(H,18,19). The Balaban J connectivity index is 2.58. The molecular formula is C14H26N2O3. The topological polar surface area (TPSA) is 78.4 Å². The lowest BCUT2D eigenvalue weighted by Crippen LogP contribution is -2.45. The Morgan fingerprint density at radius 3 is 2.26 bits per heavy atom. The molecule has 5 nitrogen and oxygen atoms in total. The molecular weight excluding hydrogens is 244 g/mol. The van der Waals surface area contributed by atoms with E-state index in [1.807, 2.05) is 6.92 Å². The van der Waals surface area contributed by atoms with Gasteiger partial charge >= 0.3 is 5.97 Å². The van der Waals surface area contributed by atoms with Crippen LogP contribution in [0.25, 0.3) is 0 Å². The molecule has 1 unspecified atom stereocenters. The molecule has 1 amide bonds. The van der Waals surface area contributed by atoms with Crippen LogP contribution in [0.3, 0.4) is 0 Å². The second-order valence-corrected chi connectivity index (χ2v) is 5.68. The summed E-state index contributed by atoms with van der Waals surface area (Å²) in [5, 5.41) is 15.3.